The van der Waals surface area contributed by atoms with Gasteiger partial charge < -0.3 is 14.9 Å². The van der Waals surface area contributed by atoms with E-state index < -0.39 is 0 Å². The van der Waals surface area contributed by atoms with Crippen LogP contribution in [0, 0.1) is 11.3 Å². The molecule has 1 aliphatic heterocycles. The Morgan fingerprint density at radius 3 is 2.68 bits per heavy atom. The minimum atomic E-state index is -0.353. The number of aliphatic hydroxyl groups is 1. The molecule has 0 amide bonds. The molecule has 6 heteroatoms. The molecule has 1 heterocycles. The Labute approximate surface area is 157 Å². The number of halogens is 1. The average Bonchev–Trinajstić information content (AvgIpc) is 2.86. The zero-order valence-corrected chi connectivity index (χ0v) is 15.7. The van der Waals surface area contributed by atoms with E-state index in [0.29, 0.717) is 11.3 Å². The largest absolute Gasteiger partial charge is 0.391 e. The van der Waals surface area contributed by atoms with Crippen molar-refractivity contribution in [1.29, 1.82) is 5.26 Å². The van der Waals surface area contributed by atoms with Crippen LogP contribution >= 0.6 is 11.6 Å². The highest BCUT2D eigenvalue weighted by Gasteiger charge is 2.31. The molecule has 0 bridgehead atoms. The van der Waals surface area contributed by atoms with Crippen LogP contribution in [-0.2, 0) is 0 Å². The maximum Gasteiger partial charge on any atom is 0.0985 e. The second kappa shape index (κ2) is 11.1. The van der Waals surface area contributed by atoms with E-state index >= 15 is 0 Å². The number of aliphatic hydroxyl groups excluding tert-OH is 1. The van der Waals surface area contributed by atoms with Gasteiger partial charge >= 0.3 is 0 Å². The summed E-state index contributed by atoms with van der Waals surface area (Å²) in [7, 11) is 3.97. The van der Waals surface area contributed by atoms with E-state index in [-0.39, 0.29) is 24.9 Å². The van der Waals surface area contributed by atoms with Crippen LogP contribution in [0.3, 0.4) is 0 Å². The van der Waals surface area contributed by atoms with Crippen LogP contribution in [0.4, 0.5) is 0 Å². The minimum Gasteiger partial charge on any atom is -0.391 e. The van der Waals surface area contributed by atoms with Crippen molar-refractivity contribution in [2.24, 2.45) is 4.99 Å². The normalized spacial score (nSPS) is 22.9. The van der Waals surface area contributed by atoms with E-state index in [9.17, 15) is 5.11 Å². The molecule has 1 N–H and O–H groups in total. The highest BCUT2D eigenvalue weighted by Crippen LogP contribution is 2.20. The van der Waals surface area contributed by atoms with E-state index in [1.165, 1.54) is 0 Å². The topological polar surface area (TPSA) is 62.9 Å². The number of nitrogens with zero attached hydrogens (tertiary/aromatic N) is 4. The maximum absolute atomic E-state index is 10.2. The summed E-state index contributed by atoms with van der Waals surface area (Å²) < 4.78 is 0. The molecular weight excluding hydrogens is 336 g/mol. The molecule has 0 aromatic rings. The molecule has 2 unspecified atom stereocenters. The summed E-state index contributed by atoms with van der Waals surface area (Å²) in [6.45, 7) is 8.96. The van der Waals surface area contributed by atoms with Crippen molar-refractivity contribution in [2.45, 2.75) is 45.2 Å². The first-order valence-corrected chi connectivity index (χ1v) is 8.44. The van der Waals surface area contributed by atoms with Gasteiger partial charge in [0.05, 0.1) is 35.6 Å². The Kier molecular flexibility index (Phi) is 10.4. The molecule has 0 aromatic carbocycles. The quantitative estimate of drug-likeness (QED) is 0.247. The SMILES string of the molecule is C.C=C(C#N)/C=C\C(N=CN1CC[C@@H](O)C1CN(C)C)=C(\C)C(C)Cl. The van der Waals surface area contributed by atoms with Crippen LogP contribution in [0.15, 0.2) is 40.6 Å². The third kappa shape index (κ3) is 7.43. The monoisotopic (exact) mass is 366 g/mol. The molecule has 0 radical (unpaired) electrons. The molecular formula is C19H31ClN4O. The molecule has 1 fully saturated rings. The number of nitriles is 1. The van der Waals surface area contributed by atoms with Crippen LogP contribution in [0.2, 0.25) is 0 Å². The molecule has 5 nitrogen and oxygen atoms in total. The van der Waals surface area contributed by atoms with Gasteiger partial charge in [0.15, 0.2) is 0 Å². The number of aliphatic imine (C=N–C) groups is 1. The third-order valence-electron chi connectivity index (χ3n) is 4.04. The second-order valence-electron chi connectivity index (χ2n) is 6.32. The molecule has 0 aromatic heterocycles. The fourth-order valence-electron chi connectivity index (χ4n) is 2.44. The number of allylic oxidation sites excluding steroid dienone is 4. The van der Waals surface area contributed by atoms with Crippen LogP contribution < -0.4 is 0 Å². The Hall–Kier alpha value is -1.61. The van der Waals surface area contributed by atoms with Crippen molar-refractivity contribution in [1.82, 2.24) is 9.80 Å². The van der Waals surface area contributed by atoms with Crippen LogP contribution in [-0.4, -0.2) is 66.0 Å². The molecule has 0 saturated carbocycles. The second-order valence-corrected chi connectivity index (χ2v) is 6.98. The minimum absolute atomic E-state index is 0. The summed E-state index contributed by atoms with van der Waals surface area (Å²) in [6.07, 6.45) is 5.53. The Bertz CT molecular complexity index is 572. The van der Waals surface area contributed by atoms with Crippen LogP contribution in [0.5, 0.6) is 0 Å². The lowest BCUT2D eigenvalue weighted by Gasteiger charge is -2.27. The van der Waals surface area contributed by atoms with Gasteiger partial charge in [-0.1, -0.05) is 14.0 Å². The van der Waals surface area contributed by atoms with E-state index in [0.717, 1.165) is 25.1 Å². The first kappa shape index (κ1) is 23.4. The molecule has 1 rings (SSSR count). The van der Waals surface area contributed by atoms with Crippen molar-refractivity contribution in [3.63, 3.8) is 0 Å². The van der Waals surface area contributed by atoms with Gasteiger partial charge in [-0.2, -0.15) is 5.26 Å². The average molecular weight is 367 g/mol. The molecule has 140 valence electrons. The number of rotatable bonds is 7. The van der Waals surface area contributed by atoms with E-state index in [2.05, 4.69) is 21.4 Å². The Balaban J connectivity index is 0.00000576. The lowest BCUT2D eigenvalue weighted by atomic mass is 10.1. The van der Waals surface area contributed by atoms with Gasteiger partial charge in [0.25, 0.3) is 0 Å². The van der Waals surface area contributed by atoms with E-state index in [4.69, 9.17) is 16.9 Å². The van der Waals surface area contributed by atoms with Crippen molar-refractivity contribution >= 4 is 17.9 Å². The summed E-state index contributed by atoms with van der Waals surface area (Å²) in [4.78, 5) is 8.67. The summed E-state index contributed by atoms with van der Waals surface area (Å²) in [5, 5.41) is 18.8. The van der Waals surface area contributed by atoms with Crippen molar-refractivity contribution in [3.05, 3.63) is 35.6 Å². The molecule has 1 saturated heterocycles. The first-order chi connectivity index (χ1) is 11.3. The van der Waals surface area contributed by atoms with Gasteiger partial charge in [-0.15, -0.1) is 11.6 Å². The third-order valence-corrected chi connectivity index (χ3v) is 4.36. The predicted octanol–water partition coefficient (Wildman–Crippen LogP) is 3.18. The Morgan fingerprint density at radius 1 is 1.52 bits per heavy atom. The number of hydrogen-bond acceptors (Lipinski definition) is 4. The predicted molar refractivity (Wildman–Crippen MR) is 107 cm³/mol. The van der Waals surface area contributed by atoms with Gasteiger partial charge in [0.1, 0.15) is 0 Å². The fraction of sp³-hybridized carbons (Fsp3) is 0.579. The Morgan fingerprint density at radius 2 is 2.16 bits per heavy atom. The summed E-state index contributed by atoms with van der Waals surface area (Å²) in [5.41, 5.74) is 1.98. The standard InChI is InChI=1S/C18H27ClN4O.CH4/c1-13(10-20)6-7-16(14(2)15(3)19)21-12-23-9-8-18(24)17(23)11-22(4)5;/h6-7,12,15,17-18,24H,1,8-9,11H2,2-5H3;1H4/b7-6-,16-14+,21-12?;/t15?,17?,18-;/m1./s1. The van der Waals surface area contributed by atoms with Crippen molar-refractivity contribution in [2.75, 3.05) is 27.2 Å². The number of likely N-dealkylation sites (N-methyl/N-ethyl adjacent to an activating group) is 1. The summed E-state index contributed by atoms with van der Waals surface area (Å²) in [6, 6.07) is 2.01. The van der Waals surface area contributed by atoms with Gasteiger partial charge in [0.2, 0.25) is 0 Å². The molecule has 3 atom stereocenters. The van der Waals surface area contributed by atoms with Gasteiger partial charge in [-0.05, 0) is 52.1 Å². The highest BCUT2D eigenvalue weighted by atomic mass is 35.5. The zero-order valence-electron chi connectivity index (χ0n) is 14.9. The lowest BCUT2D eigenvalue weighted by molar-refractivity contribution is 0.122. The number of hydrogen-bond donors (Lipinski definition) is 1. The van der Waals surface area contributed by atoms with Gasteiger partial charge in [0, 0.05) is 18.7 Å². The first-order valence-electron chi connectivity index (χ1n) is 8.01. The van der Waals surface area contributed by atoms with Gasteiger partial charge in [-0.3, -0.25) is 0 Å². The van der Waals surface area contributed by atoms with E-state index in [1.807, 2.05) is 34.0 Å². The lowest BCUT2D eigenvalue weighted by Crippen LogP contribution is -2.42. The molecule has 0 spiro atoms. The van der Waals surface area contributed by atoms with Gasteiger partial charge in [-0.25, -0.2) is 4.99 Å². The number of likely N-dealkylation sites (tertiary alicyclic amines) is 1. The van der Waals surface area contributed by atoms with E-state index in [1.54, 1.807) is 18.5 Å². The fourth-order valence-corrected chi connectivity index (χ4v) is 2.55. The molecule has 1 aliphatic rings. The van der Waals surface area contributed by atoms with Crippen molar-refractivity contribution in [3.8, 4) is 6.07 Å². The van der Waals surface area contributed by atoms with Crippen LogP contribution in [0.1, 0.15) is 27.7 Å². The maximum atomic E-state index is 10.2. The molecule has 0 aliphatic carbocycles. The molecule has 25 heavy (non-hydrogen) atoms. The van der Waals surface area contributed by atoms with Crippen molar-refractivity contribution < 1.29 is 5.11 Å². The zero-order chi connectivity index (χ0) is 18.3. The number of alkyl halides is 1. The summed E-state index contributed by atoms with van der Waals surface area (Å²) >= 11 is 6.17. The highest BCUT2D eigenvalue weighted by molar-refractivity contribution is 6.22. The van der Waals surface area contributed by atoms with Crippen LogP contribution in [0.25, 0.3) is 0 Å². The summed E-state index contributed by atoms with van der Waals surface area (Å²) in [5.74, 6) is 0. The smallest absolute Gasteiger partial charge is 0.0985 e.